The van der Waals surface area contributed by atoms with Gasteiger partial charge in [-0.1, -0.05) is 91.0 Å². The summed E-state index contributed by atoms with van der Waals surface area (Å²) in [4.78, 5) is 39.8. The van der Waals surface area contributed by atoms with Gasteiger partial charge >= 0.3 is 0 Å². The van der Waals surface area contributed by atoms with Gasteiger partial charge in [0.25, 0.3) is 0 Å². The van der Waals surface area contributed by atoms with E-state index in [1.54, 1.807) is 24.8 Å². The van der Waals surface area contributed by atoms with Crippen LogP contribution in [0.1, 0.15) is 0 Å². The lowest BCUT2D eigenvalue weighted by molar-refractivity contribution is 1.21. The maximum absolute atomic E-state index is 5.40. The predicted molar refractivity (Wildman–Crippen MR) is 255 cm³/mol. The molecule has 0 amide bonds. The van der Waals surface area contributed by atoms with E-state index in [0.29, 0.717) is 5.82 Å². The zero-order chi connectivity index (χ0) is 42.7. The minimum Gasteiger partial charge on any atom is -0.255 e. The van der Waals surface area contributed by atoms with Gasteiger partial charge in [0.1, 0.15) is 0 Å². The minimum atomic E-state index is 0.590. The van der Waals surface area contributed by atoms with Crippen molar-refractivity contribution in [1.82, 2.24) is 39.9 Å². The first-order valence-electron chi connectivity index (χ1n) is 21.0. The standard InChI is InChI=1S/C56H36N8/c1-3-15-37(16-4-1)39-23-24-45-50(32-39)63-56(64-55(45)38-17-5-2-6-18-38)44-30-40(42-33-51(46-19-7-11-25-57-46)61-52(34-42)47-20-8-12-26-58-47)29-41(31-44)43-35-53(48-21-9-13-27-59-48)62-54(36-43)49-22-10-14-28-60-49/h1-36H. The molecule has 7 aromatic heterocycles. The number of aromatic nitrogens is 8. The Balaban J connectivity index is 1.18. The van der Waals surface area contributed by atoms with E-state index in [9.17, 15) is 0 Å². The van der Waals surface area contributed by atoms with Crippen molar-refractivity contribution in [2.75, 3.05) is 0 Å². The summed E-state index contributed by atoms with van der Waals surface area (Å²) in [6.45, 7) is 0. The fourth-order valence-corrected chi connectivity index (χ4v) is 7.95. The quantitative estimate of drug-likeness (QED) is 0.142. The Morgan fingerprint density at radius 1 is 0.234 bits per heavy atom. The molecular formula is C56H36N8. The van der Waals surface area contributed by atoms with Crippen molar-refractivity contribution in [3.8, 4) is 102 Å². The summed E-state index contributed by atoms with van der Waals surface area (Å²) in [6, 6.07) is 65.5. The largest absolute Gasteiger partial charge is 0.255 e. The zero-order valence-electron chi connectivity index (χ0n) is 34.4. The molecule has 7 heterocycles. The monoisotopic (exact) mass is 820 g/mol. The van der Waals surface area contributed by atoms with E-state index in [4.69, 9.17) is 39.9 Å². The Labute approximate surface area is 369 Å². The van der Waals surface area contributed by atoms with Crippen LogP contribution in [0.5, 0.6) is 0 Å². The second-order valence-corrected chi connectivity index (χ2v) is 15.3. The third kappa shape index (κ3) is 7.79. The van der Waals surface area contributed by atoms with Crippen LogP contribution in [0, 0.1) is 0 Å². The summed E-state index contributed by atoms with van der Waals surface area (Å²) in [5, 5.41) is 0.967. The molecule has 0 atom stereocenters. The summed E-state index contributed by atoms with van der Waals surface area (Å²) in [5.74, 6) is 0.590. The van der Waals surface area contributed by atoms with Crippen LogP contribution in [0.15, 0.2) is 219 Å². The van der Waals surface area contributed by atoms with E-state index in [2.05, 4.69) is 97.1 Å². The highest BCUT2D eigenvalue weighted by molar-refractivity contribution is 5.96. The summed E-state index contributed by atoms with van der Waals surface area (Å²) < 4.78 is 0. The summed E-state index contributed by atoms with van der Waals surface area (Å²) in [5.41, 5.74) is 15.4. The number of nitrogens with zero attached hydrogens (tertiary/aromatic N) is 8. The van der Waals surface area contributed by atoms with Crippen LogP contribution < -0.4 is 0 Å². The van der Waals surface area contributed by atoms with E-state index in [1.165, 1.54) is 0 Å². The highest BCUT2D eigenvalue weighted by atomic mass is 14.9. The molecule has 0 bridgehead atoms. The lowest BCUT2D eigenvalue weighted by Gasteiger charge is -2.15. The fraction of sp³-hybridized carbons (Fsp3) is 0. The molecule has 0 spiro atoms. The van der Waals surface area contributed by atoms with E-state index < -0.39 is 0 Å². The predicted octanol–water partition coefficient (Wildman–Crippen LogP) is 13.0. The smallest absolute Gasteiger partial charge is 0.160 e. The Kier molecular flexibility index (Phi) is 10.0. The fourth-order valence-electron chi connectivity index (χ4n) is 7.95. The van der Waals surface area contributed by atoms with Crippen molar-refractivity contribution >= 4 is 10.9 Å². The van der Waals surface area contributed by atoms with E-state index in [1.807, 2.05) is 97.1 Å². The molecule has 11 rings (SSSR count). The molecule has 8 nitrogen and oxygen atoms in total. The van der Waals surface area contributed by atoms with Crippen LogP contribution in [0.4, 0.5) is 0 Å². The normalized spacial score (nSPS) is 11.1. The van der Waals surface area contributed by atoms with E-state index >= 15 is 0 Å². The molecule has 8 heteroatoms. The molecular weight excluding hydrogens is 785 g/mol. The SMILES string of the molecule is c1ccc(-c2ccc3c(-c4ccccc4)nc(-c4cc(-c5cc(-c6ccccn6)nc(-c6ccccn6)c5)cc(-c5cc(-c6ccccn6)nc(-c6ccccn6)c5)c4)nc3c2)cc1. The first kappa shape index (κ1) is 38.1. The highest BCUT2D eigenvalue weighted by Crippen LogP contribution is 2.39. The van der Waals surface area contributed by atoms with Crippen molar-refractivity contribution < 1.29 is 0 Å². The van der Waals surface area contributed by atoms with Crippen molar-refractivity contribution in [3.05, 3.63) is 219 Å². The Morgan fingerprint density at radius 2 is 0.641 bits per heavy atom. The molecule has 0 aliphatic rings. The number of rotatable bonds is 9. The molecule has 0 saturated carbocycles. The molecule has 0 aliphatic heterocycles. The lowest BCUT2D eigenvalue weighted by Crippen LogP contribution is -1.98. The third-order valence-electron chi connectivity index (χ3n) is 11.1. The van der Waals surface area contributed by atoms with Crippen LogP contribution in [0.25, 0.3) is 112 Å². The van der Waals surface area contributed by atoms with Gasteiger partial charge < -0.3 is 0 Å². The van der Waals surface area contributed by atoms with Gasteiger partial charge in [-0.2, -0.15) is 0 Å². The van der Waals surface area contributed by atoms with Crippen molar-refractivity contribution in [1.29, 1.82) is 0 Å². The molecule has 11 aromatic rings. The van der Waals surface area contributed by atoms with Gasteiger partial charge in [-0.25, -0.2) is 19.9 Å². The average Bonchev–Trinajstić information content (AvgIpc) is 3.39. The van der Waals surface area contributed by atoms with Gasteiger partial charge in [0.15, 0.2) is 5.82 Å². The first-order valence-corrected chi connectivity index (χ1v) is 21.0. The third-order valence-corrected chi connectivity index (χ3v) is 11.1. The molecule has 4 aromatic carbocycles. The van der Waals surface area contributed by atoms with Crippen molar-refractivity contribution in [2.45, 2.75) is 0 Å². The van der Waals surface area contributed by atoms with Crippen LogP contribution in [0.2, 0.25) is 0 Å². The minimum absolute atomic E-state index is 0.590. The second-order valence-electron chi connectivity index (χ2n) is 15.3. The van der Waals surface area contributed by atoms with Crippen molar-refractivity contribution in [3.63, 3.8) is 0 Å². The van der Waals surface area contributed by atoms with Gasteiger partial charge in [0.2, 0.25) is 0 Å². The molecule has 0 N–H and O–H groups in total. The van der Waals surface area contributed by atoms with E-state index in [0.717, 1.165) is 107 Å². The van der Waals surface area contributed by atoms with Gasteiger partial charge in [-0.15, -0.1) is 0 Å². The van der Waals surface area contributed by atoms with E-state index in [-0.39, 0.29) is 0 Å². The van der Waals surface area contributed by atoms with Crippen LogP contribution >= 0.6 is 0 Å². The number of pyridine rings is 6. The Morgan fingerprint density at radius 3 is 1.08 bits per heavy atom. The van der Waals surface area contributed by atoms with Crippen LogP contribution in [-0.4, -0.2) is 39.9 Å². The maximum atomic E-state index is 5.40. The van der Waals surface area contributed by atoms with Gasteiger partial charge in [-0.3, -0.25) is 19.9 Å². The van der Waals surface area contributed by atoms with Gasteiger partial charge in [0.05, 0.1) is 56.8 Å². The highest BCUT2D eigenvalue weighted by Gasteiger charge is 2.18. The molecule has 0 aliphatic carbocycles. The lowest BCUT2D eigenvalue weighted by atomic mass is 9.94. The maximum Gasteiger partial charge on any atom is 0.160 e. The second kappa shape index (κ2) is 16.9. The van der Waals surface area contributed by atoms with Crippen LogP contribution in [-0.2, 0) is 0 Å². The van der Waals surface area contributed by atoms with Crippen molar-refractivity contribution in [2.24, 2.45) is 0 Å². The summed E-state index contributed by atoms with van der Waals surface area (Å²) in [7, 11) is 0. The molecule has 0 unspecified atom stereocenters. The molecule has 0 radical (unpaired) electrons. The average molecular weight is 821 g/mol. The summed E-state index contributed by atoms with van der Waals surface area (Å²) >= 11 is 0. The topological polar surface area (TPSA) is 103 Å². The number of hydrogen-bond donors (Lipinski definition) is 0. The molecule has 300 valence electrons. The summed E-state index contributed by atoms with van der Waals surface area (Å²) in [6.07, 6.45) is 7.15. The molecule has 0 fully saturated rings. The van der Waals surface area contributed by atoms with Gasteiger partial charge in [0, 0.05) is 41.3 Å². The first-order chi connectivity index (χ1) is 31.7. The Bertz CT molecular complexity index is 3150. The molecule has 64 heavy (non-hydrogen) atoms. The van der Waals surface area contributed by atoms with Crippen LogP contribution in [0.3, 0.4) is 0 Å². The number of hydrogen-bond acceptors (Lipinski definition) is 8. The Hall–Kier alpha value is -8.88. The number of benzene rings is 4. The number of fused-ring (bicyclic) bond motifs is 1. The van der Waals surface area contributed by atoms with Gasteiger partial charge in [-0.05, 0) is 137 Å². The zero-order valence-corrected chi connectivity index (χ0v) is 34.4. The molecule has 0 saturated heterocycles.